The molecule has 2 nitrogen and oxygen atoms in total. The quantitative estimate of drug-likeness (QED) is 0.703. The number of hydrogen-bond donors (Lipinski definition) is 0. The van der Waals surface area contributed by atoms with Crippen LogP contribution in [0.3, 0.4) is 0 Å². The van der Waals surface area contributed by atoms with Crippen molar-refractivity contribution in [1.82, 2.24) is 9.97 Å². The predicted molar refractivity (Wildman–Crippen MR) is 65.0 cm³/mol. The van der Waals surface area contributed by atoms with E-state index in [1.54, 1.807) is 12.4 Å². The van der Waals surface area contributed by atoms with E-state index in [0.29, 0.717) is 5.92 Å². The molecule has 0 N–H and O–H groups in total. The first-order chi connectivity index (χ1) is 7.27. The summed E-state index contributed by atoms with van der Waals surface area (Å²) >= 11 is 0. The van der Waals surface area contributed by atoms with Crippen LogP contribution in [0.4, 0.5) is 0 Å². The molecular weight excluding hydrogens is 184 g/mol. The van der Waals surface area contributed by atoms with Gasteiger partial charge in [-0.1, -0.05) is 27.7 Å². The summed E-state index contributed by atoms with van der Waals surface area (Å²) in [5, 5.41) is 1.17. The number of hydrogen-bond acceptors (Lipinski definition) is 2. The summed E-state index contributed by atoms with van der Waals surface area (Å²) in [5.74, 6) is 0.532. The monoisotopic (exact) mass is 202 g/mol. The van der Waals surface area contributed by atoms with Gasteiger partial charge in [-0.05, 0) is 23.6 Å². The summed E-state index contributed by atoms with van der Waals surface area (Å²) in [6.45, 7) is 8.34. The number of pyridine rings is 2. The molecule has 0 bridgehead atoms. The zero-order valence-corrected chi connectivity index (χ0v) is 9.86. The molecule has 0 aliphatic rings. The fraction of sp³-hybridized carbons (Fsp3) is 0.385. The van der Waals surface area contributed by atoms with E-state index in [2.05, 4.69) is 29.9 Å². The van der Waals surface area contributed by atoms with Crippen LogP contribution in [0.1, 0.15) is 39.2 Å². The van der Waals surface area contributed by atoms with Gasteiger partial charge in [-0.25, -0.2) is 0 Å². The van der Waals surface area contributed by atoms with E-state index in [1.165, 1.54) is 10.9 Å². The van der Waals surface area contributed by atoms with Crippen molar-refractivity contribution in [3.63, 3.8) is 0 Å². The fourth-order valence-electron chi connectivity index (χ4n) is 1.30. The first kappa shape index (κ1) is 11.6. The van der Waals surface area contributed by atoms with Gasteiger partial charge in [-0.2, -0.15) is 0 Å². The molecule has 0 aromatic carbocycles. The average Bonchev–Trinajstić information content (AvgIpc) is 2.31. The molecule has 2 aromatic heterocycles. The van der Waals surface area contributed by atoms with Gasteiger partial charge in [0.05, 0.1) is 11.7 Å². The Bertz CT molecular complexity index is 422. The van der Waals surface area contributed by atoms with Crippen molar-refractivity contribution in [3.8, 4) is 0 Å². The van der Waals surface area contributed by atoms with Crippen LogP contribution < -0.4 is 0 Å². The molecule has 0 amide bonds. The molecule has 0 aliphatic carbocycles. The lowest BCUT2D eigenvalue weighted by molar-refractivity contribution is 0.862. The lowest BCUT2D eigenvalue weighted by Gasteiger charge is -2.04. The van der Waals surface area contributed by atoms with Crippen molar-refractivity contribution in [2.45, 2.75) is 33.6 Å². The Balaban J connectivity index is 0.000000531. The summed E-state index contributed by atoms with van der Waals surface area (Å²) in [5.41, 5.74) is 2.24. The van der Waals surface area contributed by atoms with Crippen LogP contribution in [0.2, 0.25) is 0 Å². The average molecular weight is 202 g/mol. The smallest absolute Gasteiger partial charge is 0.0885 e. The van der Waals surface area contributed by atoms with Crippen LogP contribution in [0.25, 0.3) is 10.9 Å². The van der Waals surface area contributed by atoms with E-state index >= 15 is 0 Å². The highest BCUT2D eigenvalue weighted by Gasteiger charge is 2.00. The molecule has 15 heavy (non-hydrogen) atoms. The van der Waals surface area contributed by atoms with Gasteiger partial charge in [0.1, 0.15) is 0 Å². The largest absolute Gasteiger partial charge is 0.262 e. The van der Waals surface area contributed by atoms with Gasteiger partial charge in [0.25, 0.3) is 0 Å². The van der Waals surface area contributed by atoms with Crippen molar-refractivity contribution in [3.05, 3.63) is 36.3 Å². The third-order valence-electron chi connectivity index (χ3n) is 2.17. The molecule has 0 saturated heterocycles. The third-order valence-corrected chi connectivity index (χ3v) is 2.17. The second kappa shape index (κ2) is 5.44. The third kappa shape index (κ3) is 2.75. The molecule has 0 fully saturated rings. The number of rotatable bonds is 1. The fourth-order valence-corrected chi connectivity index (χ4v) is 1.30. The van der Waals surface area contributed by atoms with E-state index in [-0.39, 0.29) is 0 Å². The minimum Gasteiger partial charge on any atom is -0.262 e. The molecule has 0 aliphatic heterocycles. The van der Waals surface area contributed by atoms with E-state index < -0.39 is 0 Å². The van der Waals surface area contributed by atoms with Gasteiger partial charge in [-0.3, -0.25) is 9.97 Å². The van der Waals surface area contributed by atoms with Gasteiger partial charge in [-0.15, -0.1) is 0 Å². The molecule has 0 unspecified atom stereocenters. The summed E-state index contributed by atoms with van der Waals surface area (Å²) in [6.07, 6.45) is 5.52. The molecule has 0 saturated carbocycles. The summed E-state index contributed by atoms with van der Waals surface area (Å²) in [4.78, 5) is 8.36. The highest BCUT2D eigenvalue weighted by Crippen LogP contribution is 2.17. The van der Waals surface area contributed by atoms with E-state index in [0.717, 1.165) is 5.52 Å². The van der Waals surface area contributed by atoms with E-state index in [1.807, 2.05) is 26.1 Å². The number of aromatic nitrogens is 2. The first-order valence-corrected chi connectivity index (χ1v) is 5.47. The van der Waals surface area contributed by atoms with Crippen LogP contribution in [-0.4, -0.2) is 9.97 Å². The van der Waals surface area contributed by atoms with E-state index in [4.69, 9.17) is 0 Å². The van der Waals surface area contributed by atoms with E-state index in [9.17, 15) is 0 Å². The lowest BCUT2D eigenvalue weighted by atomic mass is 10.0. The van der Waals surface area contributed by atoms with Gasteiger partial charge >= 0.3 is 0 Å². The number of fused-ring (bicyclic) bond motifs is 1. The highest BCUT2D eigenvalue weighted by atomic mass is 14.7. The van der Waals surface area contributed by atoms with Crippen molar-refractivity contribution >= 4 is 10.9 Å². The summed E-state index contributed by atoms with van der Waals surface area (Å²) < 4.78 is 0. The molecule has 2 rings (SSSR count). The summed E-state index contributed by atoms with van der Waals surface area (Å²) in [7, 11) is 0. The number of nitrogens with zero attached hydrogens (tertiary/aromatic N) is 2. The maximum absolute atomic E-state index is 4.34. The van der Waals surface area contributed by atoms with Crippen LogP contribution in [-0.2, 0) is 0 Å². The second-order valence-electron chi connectivity index (χ2n) is 3.49. The van der Waals surface area contributed by atoms with Crippen LogP contribution >= 0.6 is 0 Å². The summed E-state index contributed by atoms with van der Waals surface area (Å²) in [6, 6.07) is 4.17. The minimum atomic E-state index is 0.532. The Morgan fingerprint density at radius 3 is 2.53 bits per heavy atom. The van der Waals surface area contributed by atoms with Crippen LogP contribution in [0, 0.1) is 0 Å². The molecule has 80 valence electrons. The Hall–Kier alpha value is -1.44. The molecule has 0 spiro atoms. The van der Waals surface area contributed by atoms with Crippen molar-refractivity contribution < 1.29 is 0 Å². The molecule has 2 heterocycles. The molecule has 0 radical (unpaired) electrons. The molecule has 2 aromatic rings. The van der Waals surface area contributed by atoms with Crippen molar-refractivity contribution in [2.75, 3.05) is 0 Å². The lowest BCUT2D eigenvalue weighted by Crippen LogP contribution is -1.89. The zero-order chi connectivity index (χ0) is 11.3. The zero-order valence-electron chi connectivity index (χ0n) is 9.86. The topological polar surface area (TPSA) is 25.8 Å². The highest BCUT2D eigenvalue weighted by molar-refractivity contribution is 5.77. The van der Waals surface area contributed by atoms with Gasteiger partial charge in [0.2, 0.25) is 0 Å². The first-order valence-electron chi connectivity index (χ1n) is 5.47. The Kier molecular flexibility index (Phi) is 4.22. The minimum absolute atomic E-state index is 0.532. The van der Waals surface area contributed by atoms with Crippen LogP contribution in [0.5, 0.6) is 0 Å². The maximum atomic E-state index is 4.34. The second-order valence-corrected chi connectivity index (χ2v) is 3.49. The SMILES string of the molecule is CC.CC(C)c1cnc2cnccc2c1. The normalized spacial score (nSPS) is 9.93. The van der Waals surface area contributed by atoms with Crippen LogP contribution in [0.15, 0.2) is 30.7 Å². The standard InChI is InChI=1S/C11H12N2.C2H6/c1-8(2)10-5-9-3-4-12-7-11(9)13-6-10;1-2/h3-8H,1-2H3;1-2H3. The van der Waals surface area contributed by atoms with Crippen molar-refractivity contribution in [1.29, 1.82) is 0 Å². The van der Waals surface area contributed by atoms with Gasteiger partial charge in [0.15, 0.2) is 0 Å². The molecular formula is C13H18N2. The van der Waals surface area contributed by atoms with Crippen molar-refractivity contribution in [2.24, 2.45) is 0 Å². The maximum Gasteiger partial charge on any atom is 0.0885 e. The molecule has 0 atom stereocenters. The van der Waals surface area contributed by atoms with Gasteiger partial charge < -0.3 is 0 Å². The predicted octanol–water partition coefficient (Wildman–Crippen LogP) is 3.78. The Morgan fingerprint density at radius 2 is 1.87 bits per heavy atom. The Labute approximate surface area is 91.4 Å². The van der Waals surface area contributed by atoms with Gasteiger partial charge in [0, 0.05) is 17.8 Å². The molecule has 2 heteroatoms. The Morgan fingerprint density at radius 1 is 1.13 bits per heavy atom.